The molecule has 1 amide bonds. The lowest BCUT2D eigenvalue weighted by Gasteiger charge is -2.42. The smallest absolute Gasteiger partial charge is 0.289 e. The molecule has 0 aromatic heterocycles. The number of carbonyl (C=O) groups is 1. The highest BCUT2D eigenvalue weighted by Gasteiger charge is 2.54. The number of carbonyl (C=O) groups excluding carboxylic acids is 1. The van der Waals surface area contributed by atoms with Crippen LogP contribution in [0.3, 0.4) is 0 Å². The second kappa shape index (κ2) is 5.16. The van der Waals surface area contributed by atoms with Gasteiger partial charge in [-0.05, 0) is 23.8 Å². The predicted octanol–water partition coefficient (Wildman–Crippen LogP) is 3.56. The van der Waals surface area contributed by atoms with Gasteiger partial charge in [-0.1, -0.05) is 53.2 Å². The van der Waals surface area contributed by atoms with Crippen molar-refractivity contribution in [1.82, 2.24) is 0 Å². The van der Waals surface area contributed by atoms with Gasteiger partial charge in [0.15, 0.2) is 0 Å². The minimum absolute atomic E-state index is 0.263. The Hall–Kier alpha value is -1.69. The number of amides is 1. The van der Waals surface area contributed by atoms with E-state index in [1.54, 1.807) is 0 Å². The molecule has 1 saturated heterocycles. The number of fused-ring (bicyclic) bond motifs is 2. The molecule has 4 rings (SSSR count). The first-order valence-corrected chi connectivity index (χ1v) is 8.28. The second-order valence-corrected chi connectivity index (χ2v) is 7.18. The van der Waals surface area contributed by atoms with Gasteiger partial charge in [0.1, 0.15) is 0 Å². The lowest BCUT2D eigenvalue weighted by Crippen LogP contribution is -2.52. The maximum atomic E-state index is 12.5. The molecule has 1 spiro atoms. The average molecular weight is 374 g/mol. The van der Waals surface area contributed by atoms with Crippen molar-refractivity contribution >= 4 is 27.5 Å². The zero-order valence-corrected chi connectivity index (χ0v) is 14.2. The van der Waals surface area contributed by atoms with Gasteiger partial charge in [0.2, 0.25) is 0 Å². The van der Waals surface area contributed by atoms with Gasteiger partial charge in [0, 0.05) is 15.5 Å². The van der Waals surface area contributed by atoms with Crippen molar-refractivity contribution in [3.8, 4) is 0 Å². The molecular formula is C18H16BrNO3. The van der Waals surface area contributed by atoms with E-state index in [2.05, 4.69) is 40.3 Å². The minimum atomic E-state index is -1.34. The van der Waals surface area contributed by atoms with E-state index in [0.29, 0.717) is 13.2 Å². The summed E-state index contributed by atoms with van der Waals surface area (Å²) in [5.74, 6) is -1.60. The largest absolute Gasteiger partial charge is 0.337 e. The summed E-state index contributed by atoms with van der Waals surface area (Å²) >= 11 is 3.44. The predicted molar refractivity (Wildman–Crippen MR) is 90.1 cm³/mol. The standard InChI is InChI=1S/C18H16BrNO3/c1-17(12-5-3-2-4-6-12)10-22-18(23-11-17)14-9-13(19)7-8-15(14)20-16(18)21/h2-9H,10-11H2,1H3,(H,20,21). The Bertz CT molecular complexity index is 767. The highest BCUT2D eigenvalue weighted by atomic mass is 79.9. The zero-order chi connectivity index (χ0) is 16.1. The molecule has 5 heteroatoms. The Morgan fingerprint density at radius 1 is 1.09 bits per heavy atom. The van der Waals surface area contributed by atoms with E-state index in [0.717, 1.165) is 21.3 Å². The molecule has 2 aromatic rings. The first kappa shape index (κ1) is 14.9. The molecule has 2 aliphatic heterocycles. The monoisotopic (exact) mass is 373 g/mol. The number of halogens is 1. The van der Waals surface area contributed by atoms with Crippen molar-refractivity contribution in [3.63, 3.8) is 0 Å². The summed E-state index contributed by atoms with van der Waals surface area (Å²) in [4.78, 5) is 12.5. The summed E-state index contributed by atoms with van der Waals surface area (Å²) in [5, 5.41) is 2.84. The Morgan fingerprint density at radius 2 is 1.78 bits per heavy atom. The van der Waals surface area contributed by atoms with E-state index in [4.69, 9.17) is 9.47 Å². The van der Waals surface area contributed by atoms with Gasteiger partial charge >= 0.3 is 0 Å². The fourth-order valence-electron chi connectivity index (χ4n) is 3.12. The van der Waals surface area contributed by atoms with Crippen LogP contribution in [0.4, 0.5) is 5.69 Å². The van der Waals surface area contributed by atoms with Crippen molar-refractivity contribution in [2.24, 2.45) is 0 Å². The second-order valence-electron chi connectivity index (χ2n) is 6.26. The molecule has 23 heavy (non-hydrogen) atoms. The zero-order valence-electron chi connectivity index (χ0n) is 12.6. The van der Waals surface area contributed by atoms with Crippen LogP contribution in [0.25, 0.3) is 0 Å². The van der Waals surface area contributed by atoms with Crippen molar-refractivity contribution in [3.05, 3.63) is 64.1 Å². The molecule has 4 nitrogen and oxygen atoms in total. The topological polar surface area (TPSA) is 47.6 Å². The van der Waals surface area contributed by atoms with Crippen LogP contribution in [-0.2, 0) is 25.5 Å². The first-order valence-electron chi connectivity index (χ1n) is 7.48. The Kier molecular flexibility index (Phi) is 3.34. The molecule has 2 aromatic carbocycles. The fraction of sp³-hybridized carbons (Fsp3) is 0.278. The Labute approximate surface area is 142 Å². The maximum absolute atomic E-state index is 12.5. The molecule has 2 heterocycles. The van der Waals surface area contributed by atoms with Gasteiger partial charge in [-0.2, -0.15) is 0 Å². The van der Waals surface area contributed by atoms with Crippen LogP contribution in [0, 0.1) is 0 Å². The number of hydrogen-bond acceptors (Lipinski definition) is 3. The fourth-order valence-corrected chi connectivity index (χ4v) is 3.48. The molecule has 1 N–H and O–H groups in total. The first-order chi connectivity index (χ1) is 11.0. The van der Waals surface area contributed by atoms with Crippen molar-refractivity contribution in [2.75, 3.05) is 18.5 Å². The third-order valence-electron chi connectivity index (χ3n) is 4.54. The van der Waals surface area contributed by atoms with Crippen molar-refractivity contribution in [1.29, 1.82) is 0 Å². The van der Waals surface area contributed by atoms with Crippen LogP contribution in [0.5, 0.6) is 0 Å². The van der Waals surface area contributed by atoms with Crippen molar-refractivity contribution < 1.29 is 14.3 Å². The molecular weight excluding hydrogens is 358 g/mol. The van der Waals surface area contributed by atoms with E-state index < -0.39 is 5.79 Å². The van der Waals surface area contributed by atoms with Crippen LogP contribution in [0.15, 0.2) is 53.0 Å². The number of benzene rings is 2. The lowest BCUT2D eigenvalue weighted by atomic mass is 9.83. The molecule has 2 aliphatic rings. The van der Waals surface area contributed by atoms with Crippen LogP contribution >= 0.6 is 15.9 Å². The summed E-state index contributed by atoms with van der Waals surface area (Å²) < 4.78 is 13.0. The highest BCUT2D eigenvalue weighted by Crippen LogP contribution is 2.45. The number of anilines is 1. The molecule has 0 aliphatic carbocycles. The molecule has 118 valence electrons. The van der Waals surface area contributed by atoms with E-state index in [1.165, 1.54) is 0 Å². The minimum Gasteiger partial charge on any atom is -0.337 e. The third kappa shape index (κ3) is 2.23. The number of nitrogens with one attached hydrogen (secondary N) is 1. The van der Waals surface area contributed by atoms with Gasteiger partial charge in [0.25, 0.3) is 11.7 Å². The van der Waals surface area contributed by atoms with Crippen LogP contribution in [0.1, 0.15) is 18.1 Å². The lowest BCUT2D eigenvalue weighted by molar-refractivity contribution is -0.274. The molecule has 0 saturated carbocycles. The SMILES string of the molecule is CC1(c2ccccc2)COC2(OC1)C(=O)Nc1ccc(Br)cc12. The summed E-state index contributed by atoms with van der Waals surface area (Å²) in [5.41, 5.74) is 2.33. The van der Waals surface area contributed by atoms with Gasteiger partial charge in [0.05, 0.1) is 18.9 Å². The van der Waals surface area contributed by atoms with E-state index in [-0.39, 0.29) is 11.3 Å². The molecule has 0 unspecified atom stereocenters. The van der Waals surface area contributed by atoms with Crippen LogP contribution in [0.2, 0.25) is 0 Å². The molecule has 1 fully saturated rings. The van der Waals surface area contributed by atoms with E-state index in [9.17, 15) is 4.79 Å². The summed E-state index contributed by atoms with van der Waals surface area (Å²) in [6.07, 6.45) is 0. The number of ether oxygens (including phenoxy) is 2. The van der Waals surface area contributed by atoms with E-state index >= 15 is 0 Å². The quantitative estimate of drug-likeness (QED) is 0.831. The Morgan fingerprint density at radius 3 is 2.48 bits per heavy atom. The Balaban J connectivity index is 1.68. The maximum Gasteiger partial charge on any atom is 0.289 e. The average Bonchev–Trinajstić information content (AvgIpc) is 2.83. The number of rotatable bonds is 1. The molecule has 0 bridgehead atoms. The van der Waals surface area contributed by atoms with E-state index in [1.807, 2.05) is 36.4 Å². The van der Waals surface area contributed by atoms with Gasteiger partial charge in [-0.3, -0.25) is 4.79 Å². The van der Waals surface area contributed by atoms with Gasteiger partial charge in [-0.25, -0.2) is 0 Å². The number of hydrogen-bond donors (Lipinski definition) is 1. The van der Waals surface area contributed by atoms with Gasteiger partial charge < -0.3 is 14.8 Å². The highest BCUT2D eigenvalue weighted by molar-refractivity contribution is 9.10. The normalized spacial score (nSPS) is 29.4. The van der Waals surface area contributed by atoms with Crippen LogP contribution < -0.4 is 5.32 Å². The van der Waals surface area contributed by atoms with Crippen molar-refractivity contribution in [2.45, 2.75) is 18.1 Å². The molecule has 0 atom stereocenters. The summed E-state index contributed by atoms with van der Waals surface area (Å²) in [7, 11) is 0. The van der Waals surface area contributed by atoms with Crippen LogP contribution in [-0.4, -0.2) is 19.1 Å². The molecule has 0 radical (unpaired) electrons. The third-order valence-corrected chi connectivity index (χ3v) is 5.04. The summed E-state index contributed by atoms with van der Waals surface area (Å²) in [6, 6.07) is 15.7. The van der Waals surface area contributed by atoms with Gasteiger partial charge in [-0.15, -0.1) is 0 Å². The summed E-state index contributed by atoms with van der Waals surface area (Å²) in [6.45, 7) is 2.91.